The van der Waals surface area contributed by atoms with Gasteiger partial charge in [-0.2, -0.15) is 0 Å². The van der Waals surface area contributed by atoms with Crippen molar-refractivity contribution in [1.29, 1.82) is 0 Å². The van der Waals surface area contributed by atoms with Gasteiger partial charge >= 0.3 is 0 Å². The van der Waals surface area contributed by atoms with E-state index < -0.39 is 6.10 Å². The van der Waals surface area contributed by atoms with E-state index in [4.69, 9.17) is 0 Å². The molecule has 0 amide bonds. The molecule has 0 fully saturated rings. The van der Waals surface area contributed by atoms with Gasteiger partial charge in [0, 0.05) is 11.9 Å². The van der Waals surface area contributed by atoms with E-state index in [9.17, 15) is 5.11 Å². The second-order valence-corrected chi connectivity index (χ2v) is 4.60. The number of imidazole rings is 1. The summed E-state index contributed by atoms with van der Waals surface area (Å²) in [6.07, 6.45) is 4.69. The Kier molecular flexibility index (Phi) is 3.18. The number of aryl methyl sites for hydroxylation is 2. The summed E-state index contributed by atoms with van der Waals surface area (Å²) in [4.78, 5) is 5.31. The lowest BCUT2D eigenvalue weighted by Crippen LogP contribution is -2.04. The second-order valence-electron chi connectivity index (χ2n) is 3.56. The first kappa shape index (κ1) is 10.4. The van der Waals surface area contributed by atoms with Crippen LogP contribution in [0, 0.1) is 0 Å². The Morgan fingerprint density at radius 2 is 2.47 bits per heavy atom. The minimum absolute atomic E-state index is 0.417. The van der Waals surface area contributed by atoms with Crippen LogP contribution in [0.15, 0.2) is 30.0 Å². The maximum absolute atomic E-state index is 9.93. The highest BCUT2D eigenvalue weighted by Crippen LogP contribution is 2.19. The summed E-state index contributed by atoms with van der Waals surface area (Å²) < 4.78 is 1.86. The summed E-state index contributed by atoms with van der Waals surface area (Å²) in [5, 5.41) is 12.0. The monoisotopic (exact) mass is 222 g/mol. The van der Waals surface area contributed by atoms with Crippen molar-refractivity contribution in [3.8, 4) is 0 Å². The van der Waals surface area contributed by atoms with E-state index in [1.165, 1.54) is 4.88 Å². The van der Waals surface area contributed by atoms with Gasteiger partial charge in [0.25, 0.3) is 0 Å². The quantitative estimate of drug-likeness (QED) is 0.860. The minimum Gasteiger partial charge on any atom is -0.387 e. The van der Waals surface area contributed by atoms with Gasteiger partial charge in [-0.3, -0.25) is 0 Å². The summed E-state index contributed by atoms with van der Waals surface area (Å²) in [6.45, 7) is 0. The number of aromatic nitrogens is 2. The number of hydrogen-bond acceptors (Lipinski definition) is 3. The standard InChI is InChI=1S/C11H14N2OS/c1-13-8-12-7-10(13)11(14)5-4-9-3-2-6-15-9/h2-3,6-8,11,14H,4-5H2,1H3. The topological polar surface area (TPSA) is 38.0 Å². The van der Waals surface area contributed by atoms with Gasteiger partial charge in [0.1, 0.15) is 0 Å². The molecule has 3 nitrogen and oxygen atoms in total. The van der Waals surface area contributed by atoms with Crippen molar-refractivity contribution < 1.29 is 5.11 Å². The van der Waals surface area contributed by atoms with Crippen LogP contribution in [0.5, 0.6) is 0 Å². The zero-order chi connectivity index (χ0) is 10.7. The average molecular weight is 222 g/mol. The van der Waals surface area contributed by atoms with Gasteiger partial charge in [-0.15, -0.1) is 11.3 Å². The van der Waals surface area contributed by atoms with E-state index >= 15 is 0 Å². The average Bonchev–Trinajstić information content (AvgIpc) is 2.84. The van der Waals surface area contributed by atoms with Gasteiger partial charge in [-0.05, 0) is 24.3 Å². The number of thiophene rings is 1. The van der Waals surface area contributed by atoms with E-state index in [0.717, 1.165) is 18.5 Å². The van der Waals surface area contributed by atoms with Gasteiger partial charge in [-0.25, -0.2) is 4.98 Å². The maximum atomic E-state index is 9.93. The fourth-order valence-corrected chi connectivity index (χ4v) is 2.29. The van der Waals surface area contributed by atoms with Crippen molar-refractivity contribution in [2.45, 2.75) is 18.9 Å². The lowest BCUT2D eigenvalue weighted by Gasteiger charge is -2.09. The van der Waals surface area contributed by atoms with Crippen molar-refractivity contribution in [2.24, 2.45) is 7.05 Å². The van der Waals surface area contributed by atoms with Gasteiger partial charge in [0.2, 0.25) is 0 Å². The molecule has 0 saturated carbocycles. The molecule has 1 N–H and O–H groups in total. The molecule has 0 aromatic carbocycles. The molecule has 0 radical (unpaired) electrons. The van der Waals surface area contributed by atoms with Gasteiger partial charge in [0.15, 0.2) is 0 Å². The highest BCUT2D eigenvalue weighted by molar-refractivity contribution is 7.09. The zero-order valence-electron chi connectivity index (χ0n) is 8.63. The molecule has 80 valence electrons. The fraction of sp³-hybridized carbons (Fsp3) is 0.364. The zero-order valence-corrected chi connectivity index (χ0v) is 9.44. The van der Waals surface area contributed by atoms with Crippen LogP contribution in [0.3, 0.4) is 0 Å². The highest BCUT2D eigenvalue weighted by Gasteiger charge is 2.11. The molecule has 2 aromatic heterocycles. The van der Waals surface area contributed by atoms with Crippen LogP contribution >= 0.6 is 11.3 Å². The second kappa shape index (κ2) is 4.59. The van der Waals surface area contributed by atoms with Crippen LogP contribution < -0.4 is 0 Å². The molecule has 15 heavy (non-hydrogen) atoms. The molecule has 0 bridgehead atoms. The van der Waals surface area contributed by atoms with E-state index in [1.54, 1.807) is 23.9 Å². The molecule has 1 unspecified atom stereocenters. The third-order valence-corrected chi connectivity index (χ3v) is 3.38. The number of aliphatic hydroxyl groups excluding tert-OH is 1. The molecule has 0 aliphatic rings. The summed E-state index contributed by atoms with van der Waals surface area (Å²) in [7, 11) is 1.90. The SMILES string of the molecule is Cn1cncc1C(O)CCc1cccs1. The fourth-order valence-electron chi connectivity index (χ4n) is 1.57. The Balaban J connectivity index is 1.93. The molecule has 2 rings (SSSR count). The first-order valence-electron chi connectivity index (χ1n) is 4.94. The van der Waals surface area contributed by atoms with Crippen molar-refractivity contribution in [3.63, 3.8) is 0 Å². The summed E-state index contributed by atoms with van der Waals surface area (Å²) in [6, 6.07) is 4.14. The van der Waals surface area contributed by atoms with Gasteiger partial charge in [-0.1, -0.05) is 6.07 Å². The molecule has 0 spiro atoms. The van der Waals surface area contributed by atoms with Crippen LogP contribution in [-0.2, 0) is 13.5 Å². The summed E-state index contributed by atoms with van der Waals surface area (Å²) >= 11 is 1.73. The molecular weight excluding hydrogens is 208 g/mol. The summed E-state index contributed by atoms with van der Waals surface area (Å²) in [5.74, 6) is 0. The minimum atomic E-state index is -0.417. The van der Waals surface area contributed by atoms with E-state index in [0.29, 0.717) is 0 Å². The van der Waals surface area contributed by atoms with Crippen LogP contribution in [0.4, 0.5) is 0 Å². The Bertz CT molecular complexity index is 408. The van der Waals surface area contributed by atoms with Gasteiger partial charge < -0.3 is 9.67 Å². The lowest BCUT2D eigenvalue weighted by atomic mass is 10.1. The molecular formula is C11H14N2OS. The predicted molar refractivity (Wildman–Crippen MR) is 60.8 cm³/mol. The number of rotatable bonds is 4. The van der Waals surface area contributed by atoms with Crippen molar-refractivity contribution in [3.05, 3.63) is 40.6 Å². The summed E-state index contributed by atoms with van der Waals surface area (Å²) in [5.41, 5.74) is 0.881. The molecule has 1 atom stereocenters. The van der Waals surface area contributed by atoms with Crippen molar-refractivity contribution in [1.82, 2.24) is 9.55 Å². The third-order valence-electron chi connectivity index (χ3n) is 2.44. The van der Waals surface area contributed by atoms with E-state index in [-0.39, 0.29) is 0 Å². The molecule has 2 aromatic rings. The Labute approximate surface area is 93.0 Å². The van der Waals surface area contributed by atoms with Crippen LogP contribution in [0.1, 0.15) is 23.1 Å². The van der Waals surface area contributed by atoms with Crippen molar-refractivity contribution in [2.75, 3.05) is 0 Å². The highest BCUT2D eigenvalue weighted by atomic mass is 32.1. The van der Waals surface area contributed by atoms with Crippen LogP contribution in [0.2, 0.25) is 0 Å². The smallest absolute Gasteiger partial charge is 0.0959 e. The van der Waals surface area contributed by atoms with Crippen LogP contribution in [0.25, 0.3) is 0 Å². The Morgan fingerprint density at radius 1 is 1.60 bits per heavy atom. The Morgan fingerprint density at radius 3 is 3.07 bits per heavy atom. The third kappa shape index (κ3) is 2.46. The number of nitrogens with zero attached hydrogens (tertiary/aromatic N) is 2. The molecule has 0 aliphatic carbocycles. The number of aliphatic hydroxyl groups is 1. The Hall–Kier alpha value is -1.13. The normalized spacial score (nSPS) is 12.9. The molecule has 0 aliphatic heterocycles. The lowest BCUT2D eigenvalue weighted by molar-refractivity contribution is 0.160. The number of hydrogen-bond donors (Lipinski definition) is 1. The van der Waals surface area contributed by atoms with E-state index in [1.807, 2.05) is 17.7 Å². The first-order valence-corrected chi connectivity index (χ1v) is 5.82. The molecule has 2 heterocycles. The molecule has 4 heteroatoms. The van der Waals surface area contributed by atoms with Crippen LogP contribution in [-0.4, -0.2) is 14.7 Å². The van der Waals surface area contributed by atoms with Gasteiger partial charge in [0.05, 0.1) is 24.3 Å². The maximum Gasteiger partial charge on any atom is 0.0959 e. The largest absolute Gasteiger partial charge is 0.387 e. The van der Waals surface area contributed by atoms with E-state index in [2.05, 4.69) is 16.4 Å². The predicted octanol–water partition coefficient (Wildman–Crippen LogP) is 2.15. The first-order chi connectivity index (χ1) is 7.27. The molecule has 0 saturated heterocycles. The van der Waals surface area contributed by atoms with Crippen molar-refractivity contribution >= 4 is 11.3 Å².